The van der Waals surface area contributed by atoms with E-state index in [1.807, 2.05) is 42.5 Å². The highest BCUT2D eigenvalue weighted by Gasteiger charge is 2.33. The Morgan fingerprint density at radius 2 is 1.84 bits per heavy atom. The van der Waals surface area contributed by atoms with Crippen LogP contribution in [0, 0.1) is 0 Å². The summed E-state index contributed by atoms with van der Waals surface area (Å²) in [5.41, 5.74) is 3.33. The number of rotatable bonds is 4. The van der Waals surface area contributed by atoms with E-state index in [2.05, 4.69) is 27.8 Å². The molecule has 3 heterocycles. The lowest BCUT2D eigenvalue weighted by molar-refractivity contribution is -0.118. The Kier molecular flexibility index (Phi) is 5.44. The molecule has 2 aliphatic rings. The third kappa shape index (κ3) is 4.06. The van der Waals surface area contributed by atoms with E-state index in [1.54, 1.807) is 4.90 Å². The number of morpholine rings is 1. The van der Waals surface area contributed by atoms with Crippen LogP contribution in [0.3, 0.4) is 0 Å². The Balaban J connectivity index is 1.31. The molecule has 2 aromatic carbocycles. The average molecular weight is 418 g/mol. The Morgan fingerprint density at radius 3 is 2.65 bits per heavy atom. The molecule has 0 saturated carbocycles. The smallest absolute Gasteiger partial charge is 0.270 e. The Labute approximate surface area is 180 Å². The monoisotopic (exact) mass is 418 g/mol. The van der Waals surface area contributed by atoms with Crippen LogP contribution in [-0.2, 0) is 9.53 Å². The van der Waals surface area contributed by atoms with Crippen LogP contribution >= 0.6 is 0 Å². The first kappa shape index (κ1) is 19.8. The van der Waals surface area contributed by atoms with Gasteiger partial charge in [0.25, 0.3) is 5.91 Å². The number of aromatic nitrogens is 1. The number of anilines is 1. The van der Waals surface area contributed by atoms with Gasteiger partial charge in [-0.3, -0.25) is 9.59 Å². The summed E-state index contributed by atoms with van der Waals surface area (Å²) in [7, 11) is 0. The molecule has 31 heavy (non-hydrogen) atoms. The molecule has 2 amide bonds. The molecule has 5 rings (SSSR count). The first-order chi connectivity index (χ1) is 15.2. The summed E-state index contributed by atoms with van der Waals surface area (Å²) in [6, 6.07) is 17.4. The predicted octanol–water partition coefficient (Wildman–Crippen LogP) is 2.72. The molecule has 0 radical (unpaired) electrons. The van der Waals surface area contributed by atoms with Crippen LogP contribution in [0.4, 0.5) is 5.69 Å². The second-order valence-electron chi connectivity index (χ2n) is 8.12. The summed E-state index contributed by atoms with van der Waals surface area (Å²) in [4.78, 5) is 30.7. The molecule has 0 unspecified atom stereocenters. The second-order valence-corrected chi connectivity index (χ2v) is 8.12. The molecular formula is C24H26N4O3. The van der Waals surface area contributed by atoms with Crippen LogP contribution in [0.15, 0.2) is 54.6 Å². The van der Waals surface area contributed by atoms with Crippen LogP contribution < -0.4 is 10.6 Å². The quantitative estimate of drug-likeness (QED) is 0.608. The van der Waals surface area contributed by atoms with E-state index in [-0.39, 0.29) is 23.8 Å². The van der Waals surface area contributed by atoms with Crippen LogP contribution in [0.1, 0.15) is 28.4 Å². The van der Waals surface area contributed by atoms with E-state index in [0.717, 1.165) is 29.6 Å². The standard InChI is InChI=1S/C24H26N4O3/c29-23(22-19(8-9-25-22)16-4-2-1-3-5-16)26-18-6-7-20-17(14-18)15-21(27-20)24(30)28-10-12-31-13-11-28/h1-7,14-15,19,22,25,27H,8-13H2,(H,26,29)/t19-,22+/m0/s1. The van der Waals surface area contributed by atoms with Gasteiger partial charge in [0, 0.05) is 35.6 Å². The van der Waals surface area contributed by atoms with Crippen LogP contribution in [0.25, 0.3) is 10.9 Å². The van der Waals surface area contributed by atoms with Crippen molar-refractivity contribution in [3.63, 3.8) is 0 Å². The molecule has 2 atom stereocenters. The zero-order valence-electron chi connectivity index (χ0n) is 17.3. The number of nitrogens with zero attached hydrogens (tertiary/aromatic N) is 1. The normalized spacial score (nSPS) is 21.4. The molecular weight excluding hydrogens is 392 g/mol. The fraction of sp³-hybridized carbons (Fsp3) is 0.333. The van der Waals surface area contributed by atoms with E-state index in [1.165, 1.54) is 5.56 Å². The van der Waals surface area contributed by atoms with Crippen LogP contribution in [-0.4, -0.2) is 60.6 Å². The lowest BCUT2D eigenvalue weighted by atomic mass is 9.91. The number of hydrogen-bond acceptors (Lipinski definition) is 4. The average Bonchev–Trinajstić information content (AvgIpc) is 3.47. The number of aromatic amines is 1. The van der Waals surface area contributed by atoms with Gasteiger partial charge in [-0.2, -0.15) is 0 Å². The van der Waals surface area contributed by atoms with Gasteiger partial charge in [-0.25, -0.2) is 0 Å². The van der Waals surface area contributed by atoms with Crippen molar-refractivity contribution < 1.29 is 14.3 Å². The van der Waals surface area contributed by atoms with Crippen LogP contribution in [0.2, 0.25) is 0 Å². The van der Waals surface area contributed by atoms with Crippen LogP contribution in [0.5, 0.6) is 0 Å². The fourth-order valence-corrected chi connectivity index (χ4v) is 4.52. The van der Waals surface area contributed by atoms with Gasteiger partial charge in [-0.15, -0.1) is 0 Å². The second kappa shape index (κ2) is 8.53. The molecule has 0 aliphatic carbocycles. The van der Waals surface area contributed by atoms with E-state index in [0.29, 0.717) is 32.0 Å². The number of benzene rings is 2. The summed E-state index contributed by atoms with van der Waals surface area (Å²) >= 11 is 0. The van der Waals surface area contributed by atoms with Gasteiger partial charge < -0.3 is 25.3 Å². The van der Waals surface area contributed by atoms with Gasteiger partial charge in [0.05, 0.1) is 19.3 Å². The zero-order chi connectivity index (χ0) is 21.2. The summed E-state index contributed by atoms with van der Waals surface area (Å²) in [5.74, 6) is 0.103. The fourth-order valence-electron chi connectivity index (χ4n) is 4.52. The largest absolute Gasteiger partial charge is 0.378 e. The zero-order valence-corrected chi connectivity index (χ0v) is 17.3. The Morgan fingerprint density at radius 1 is 1.03 bits per heavy atom. The maximum atomic E-state index is 13.0. The van der Waals surface area contributed by atoms with Crippen molar-refractivity contribution in [2.45, 2.75) is 18.4 Å². The topological polar surface area (TPSA) is 86.5 Å². The Hall–Kier alpha value is -3.16. The minimum Gasteiger partial charge on any atom is -0.378 e. The number of H-pyrrole nitrogens is 1. The van der Waals surface area contributed by atoms with Crippen molar-refractivity contribution in [2.75, 3.05) is 38.2 Å². The summed E-state index contributed by atoms with van der Waals surface area (Å²) in [6.45, 7) is 3.17. The number of carbonyl (C=O) groups is 2. The third-order valence-electron chi connectivity index (χ3n) is 6.15. The number of carbonyl (C=O) groups excluding carboxylic acids is 2. The van der Waals surface area contributed by atoms with E-state index < -0.39 is 0 Å². The van der Waals surface area contributed by atoms with Crippen molar-refractivity contribution in [1.29, 1.82) is 0 Å². The molecule has 3 aromatic rings. The SMILES string of the molecule is O=C(Nc1ccc2[nH]c(C(=O)N3CCOCC3)cc2c1)[C@@H]1NCC[C@H]1c1ccccc1. The molecule has 160 valence electrons. The minimum absolute atomic E-state index is 0.0223. The highest BCUT2D eigenvalue weighted by atomic mass is 16.5. The minimum atomic E-state index is -0.261. The van der Waals surface area contributed by atoms with Gasteiger partial charge in [0.2, 0.25) is 5.91 Å². The van der Waals surface area contributed by atoms with Gasteiger partial charge in [0.1, 0.15) is 5.69 Å². The number of hydrogen-bond donors (Lipinski definition) is 3. The van der Waals surface area contributed by atoms with Gasteiger partial charge >= 0.3 is 0 Å². The molecule has 7 heteroatoms. The molecule has 2 saturated heterocycles. The summed E-state index contributed by atoms with van der Waals surface area (Å²) in [5, 5.41) is 7.29. The number of fused-ring (bicyclic) bond motifs is 1. The highest BCUT2D eigenvalue weighted by molar-refractivity contribution is 6.01. The molecule has 1 aromatic heterocycles. The first-order valence-electron chi connectivity index (χ1n) is 10.8. The molecule has 7 nitrogen and oxygen atoms in total. The Bertz CT molecular complexity index is 1090. The molecule has 0 spiro atoms. The maximum absolute atomic E-state index is 13.0. The van der Waals surface area contributed by atoms with E-state index in [9.17, 15) is 9.59 Å². The predicted molar refractivity (Wildman–Crippen MR) is 119 cm³/mol. The van der Waals surface area contributed by atoms with Crippen molar-refractivity contribution in [1.82, 2.24) is 15.2 Å². The number of nitrogens with one attached hydrogen (secondary N) is 3. The molecule has 0 bridgehead atoms. The van der Waals surface area contributed by atoms with Crippen molar-refractivity contribution in [3.05, 3.63) is 65.9 Å². The maximum Gasteiger partial charge on any atom is 0.270 e. The number of amides is 2. The highest BCUT2D eigenvalue weighted by Crippen LogP contribution is 2.29. The first-order valence-corrected chi connectivity index (χ1v) is 10.8. The van der Waals surface area contributed by atoms with E-state index >= 15 is 0 Å². The van der Waals surface area contributed by atoms with Gasteiger partial charge in [-0.1, -0.05) is 30.3 Å². The lowest BCUT2D eigenvalue weighted by Gasteiger charge is -2.26. The van der Waals surface area contributed by atoms with Crippen molar-refractivity contribution in [3.8, 4) is 0 Å². The molecule has 2 aliphatic heterocycles. The van der Waals surface area contributed by atoms with Crippen molar-refractivity contribution >= 4 is 28.4 Å². The van der Waals surface area contributed by atoms with E-state index in [4.69, 9.17) is 4.74 Å². The summed E-state index contributed by atoms with van der Waals surface area (Å²) in [6.07, 6.45) is 0.936. The number of ether oxygens (including phenoxy) is 1. The molecule has 2 fully saturated rings. The van der Waals surface area contributed by atoms with Crippen molar-refractivity contribution in [2.24, 2.45) is 0 Å². The van der Waals surface area contributed by atoms with Gasteiger partial charge in [-0.05, 0) is 42.8 Å². The third-order valence-corrected chi connectivity index (χ3v) is 6.15. The lowest BCUT2D eigenvalue weighted by Crippen LogP contribution is -2.40. The molecule has 3 N–H and O–H groups in total. The van der Waals surface area contributed by atoms with Gasteiger partial charge in [0.15, 0.2) is 0 Å². The summed E-state index contributed by atoms with van der Waals surface area (Å²) < 4.78 is 5.33.